The normalized spacial score (nSPS) is 14.2. The number of carbonyl (C=O) groups excluding carboxylic acids is 2. The van der Waals surface area contributed by atoms with E-state index in [-0.39, 0.29) is 18.4 Å². The number of hydrogen-bond acceptors (Lipinski definition) is 4. The fourth-order valence-electron chi connectivity index (χ4n) is 2.46. The molecule has 2 N–H and O–H groups in total. The van der Waals surface area contributed by atoms with E-state index in [4.69, 9.17) is 0 Å². The molecule has 0 saturated heterocycles. The highest BCUT2D eigenvalue weighted by Crippen LogP contribution is 2.36. The first-order chi connectivity index (χ1) is 10.7. The summed E-state index contributed by atoms with van der Waals surface area (Å²) in [6.07, 6.45) is 0. The lowest BCUT2D eigenvalue weighted by Crippen LogP contribution is -2.28. The standard InChI is InChI=1S/C16H11N3O2S/c20-12-8-17-15(21)14-13(19-12)10-6-7-11(18-16(10)22-14)9-4-2-1-3-5-9/h1-7H,8H2,(H,17,21)(H,19,20). The van der Waals surface area contributed by atoms with Gasteiger partial charge >= 0.3 is 0 Å². The topological polar surface area (TPSA) is 71.1 Å². The van der Waals surface area contributed by atoms with Gasteiger partial charge in [-0.15, -0.1) is 11.3 Å². The van der Waals surface area contributed by atoms with Crippen LogP contribution < -0.4 is 10.6 Å². The number of pyridine rings is 1. The first-order valence-corrected chi connectivity index (χ1v) is 7.61. The van der Waals surface area contributed by atoms with Gasteiger partial charge in [-0.25, -0.2) is 4.98 Å². The van der Waals surface area contributed by atoms with Crippen molar-refractivity contribution < 1.29 is 9.59 Å². The predicted molar refractivity (Wildman–Crippen MR) is 86.0 cm³/mol. The third-order valence-corrected chi connectivity index (χ3v) is 4.60. The number of thiophene rings is 1. The Labute approximate surface area is 130 Å². The highest BCUT2D eigenvalue weighted by atomic mass is 32.1. The Morgan fingerprint density at radius 2 is 1.86 bits per heavy atom. The molecule has 0 saturated carbocycles. The Balaban J connectivity index is 1.89. The summed E-state index contributed by atoms with van der Waals surface area (Å²) in [5.74, 6) is -0.462. The van der Waals surface area contributed by atoms with Crippen molar-refractivity contribution in [1.29, 1.82) is 0 Å². The summed E-state index contributed by atoms with van der Waals surface area (Å²) in [5, 5.41) is 6.17. The fraction of sp³-hybridized carbons (Fsp3) is 0.0625. The van der Waals surface area contributed by atoms with Gasteiger partial charge in [0, 0.05) is 10.9 Å². The molecular weight excluding hydrogens is 298 g/mol. The molecule has 0 atom stereocenters. The summed E-state index contributed by atoms with van der Waals surface area (Å²) < 4.78 is 0. The number of carbonyl (C=O) groups is 2. The van der Waals surface area contributed by atoms with Crippen molar-refractivity contribution in [1.82, 2.24) is 10.3 Å². The summed E-state index contributed by atoms with van der Waals surface area (Å²) >= 11 is 1.29. The van der Waals surface area contributed by atoms with E-state index in [1.54, 1.807) is 0 Å². The molecule has 0 aliphatic carbocycles. The molecule has 4 rings (SSSR count). The van der Waals surface area contributed by atoms with Crippen molar-refractivity contribution >= 4 is 39.1 Å². The summed E-state index contributed by atoms with van der Waals surface area (Å²) in [7, 11) is 0. The SMILES string of the molecule is O=C1CNC(=O)c2sc3nc(-c4ccccc4)ccc3c2N1. The zero-order valence-electron chi connectivity index (χ0n) is 11.4. The molecule has 1 aliphatic rings. The van der Waals surface area contributed by atoms with Crippen LogP contribution >= 0.6 is 11.3 Å². The average molecular weight is 309 g/mol. The molecule has 2 amide bonds. The molecule has 0 unspecified atom stereocenters. The Morgan fingerprint density at radius 3 is 2.68 bits per heavy atom. The Hall–Kier alpha value is -2.73. The van der Waals surface area contributed by atoms with Gasteiger partial charge in [-0.1, -0.05) is 30.3 Å². The van der Waals surface area contributed by atoms with Crippen LogP contribution in [0.1, 0.15) is 9.67 Å². The Bertz CT molecular complexity index is 902. The molecule has 22 heavy (non-hydrogen) atoms. The van der Waals surface area contributed by atoms with E-state index in [1.165, 1.54) is 11.3 Å². The third kappa shape index (κ3) is 2.05. The lowest BCUT2D eigenvalue weighted by atomic mass is 10.1. The van der Waals surface area contributed by atoms with Crippen LogP contribution in [0.2, 0.25) is 0 Å². The van der Waals surface area contributed by atoms with Crippen LogP contribution in [0.15, 0.2) is 42.5 Å². The second kappa shape index (κ2) is 4.92. The number of amides is 2. The van der Waals surface area contributed by atoms with Gasteiger partial charge in [0.05, 0.1) is 17.9 Å². The summed E-state index contributed by atoms with van der Waals surface area (Å²) in [6.45, 7) is -0.00272. The lowest BCUT2D eigenvalue weighted by molar-refractivity contribution is -0.115. The molecule has 1 aliphatic heterocycles. The maximum Gasteiger partial charge on any atom is 0.264 e. The second-order valence-electron chi connectivity index (χ2n) is 4.95. The minimum atomic E-state index is -0.238. The number of nitrogens with zero attached hydrogens (tertiary/aromatic N) is 1. The van der Waals surface area contributed by atoms with E-state index >= 15 is 0 Å². The maximum atomic E-state index is 12.1. The number of hydrogen-bond donors (Lipinski definition) is 2. The van der Waals surface area contributed by atoms with Crippen LogP contribution in [-0.4, -0.2) is 23.3 Å². The van der Waals surface area contributed by atoms with E-state index in [0.29, 0.717) is 10.6 Å². The van der Waals surface area contributed by atoms with Crippen molar-refractivity contribution in [3.8, 4) is 11.3 Å². The molecule has 1 aromatic carbocycles. The Morgan fingerprint density at radius 1 is 1.05 bits per heavy atom. The van der Waals surface area contributed by atoms with Gasteiger partial charge in [0.1, 0.15) is 9.71 Å². The number of nitrogens with one attached hydrogen (secondary N) is 2. The number of rotatable bonds is 1. The van der Waals surface area contributed by atoms with Gasteiger partial charge in [-0.05, 0) is 12.1 Å². The lowest BCUT2D eigenvalue weighted by Gasteiger charge is -2.02. The number of aromatic nitrogens is 1. The van der Waals surface area contributed by atoms with Crippen LogP contribution in [0.5, 0.6) is 0 Å². The van der Waals surface area contributed by atoms with Gasteiger partial charge in [0.2, 0.25) is 5.91 Å². The van der Waals surface area contributed by atoms with Crippen LogP contribution in [0, 0.1) is 0 Å². The van der Waals surface area contributed by atoms with Gasteiger partial charge in [-0.2, -0.15) is 0 Å². The number of anilines is 1. The van der Waals surface area contributed by atoms with E-state index < -0.39 is 0 Å². The average Bonchev–Trinajstić information content (AvgIpc) is 2.84. The smallest absolute Gasteiger partial charge is 0.264 e. The summed E-state index contributed by atoms with van der Waals surface area (Å²) in [4.78, 5) is 29.6. The van der Waals surface area contributed by atoms with E-state index in [9.17, 15) is 9.59 Å². The van der Waals surface area contributed by atoms with Crippen molar-refractivity contribution in [2.45, 2.75) is 0 Å². The molecule has 108 valence electrons. The molecule has 0 spiro atoms. The van der Waals surface area contributed by atoms with Crippen molar-refractivity contribution in [2.75, 3.05) is 11.9 Å². The summed E-state index contributed by atoms with van der Waals surface area (Å²) in [5.41, 5.74) is 2.42. The van der Waals surface area contributed by atoms with Gasteiger partial charge in [0.25, 0.3) is 5.91 Å². The Kier molecular flexibility index (Phi) is 2.90. The largest absolute Gasteiger partial charge is 0.342 e. The highest BCUT2D eigenvalue weighted by molar-refractivity contribution is 7.21. The molecule has 0 radical (unpaired) electrons. The van der Waals surface area contributed by atoms with E-state index in [2.05, 4.69) is 15.6 Å². The third-order valence-electron chi connectivity index (χ3n) is 3.51. The van der Waals surface area contributed by atoms with Crippen molar-refractivity contribution in [2.24, 2.45) is 0 Å². The molecule has 5 nitrogen and oxygen atoms in total. The maximum absolute atomic E-state index is 12.1. The van der Waals surface area contributed by atoms with Crippen LogP contribution in [0.25, 0.3) is 21.5 Å². The van der Waals surface area contributed by atoms with E-state index in [1.807, 2.05) is 42.5 Å². The first-order valence-electron chi connectivity index (χ1n) is 6.79. The zero-order valence-corrected chi connectivity index (χ0v) is 12.2. The molecule has 0 bridgehead atoms. The highest BCUT2D eigenvalue weighted by Gasteiger charge is 2.24. The minimum absolute atomic E-state index is 0.00272. The van der Waals surface area contributed by atoms with Crippen LogP contribution in [0.4, 0.5) is 5.69 Å². The fourth-order valence-corrected chi connectivity index (χ4v) is 3.50. The summed E-state index contributed by atoms with van der Waals surface area (Å²) in [6, 6.07) is 13.6. The van der Waals surface area contributed by atoms with Crippen LogP contribution in [0.3, 0.4) is 0 Å². The van der Waals surface area contributed by atoms with Gasteiger partial charge in [0.15, 0.2) is 0 Å². The van der Waals surface area contributed by atoms with Crippen LogP contribution in [-0.2, 0) is 4.79 Å². The van der Waals surface area contributed by atoms with Crippen molar-refractivity contribution in [3.05, 3.63) is 47.3 Å². The molecular formula is C16H11N3O2S. The first kappa shape index (κ1) is 13.0. The molecule has 3 heterocycles. The van der Waals surface area contributed by atoms with Crippen molar-refractivity contribution in [3.63, 3.8) is 0 Å². The number of benzene rings is 1. The quantitative estimate of drug-likeness (QED) is 0.726. The monoisotopic (exact) mass is 309 g/mol. The van der Waals surface area contributed by atoms with Gasteiger partial charge in [-0.3, -0.25) is 9.59 Å². The molecule has 2 aromatic heterocycles. The molecule has 3 aromatic rings. The van der Waals surface area contributed by atoms with Gasteiger partial charge < -0.3 is 10.6 Å². The predicted octanol–water partition coefficient (Wildman–Crippen LogP) is 2.65. The second-order valence-corrected chi connectivity index (χ2v) is 5.95. The molecule has 0 fully saturated rings. The van der Waals surface area contributed by atoms with E-state index in [0.717, 1.165) is 21.5 Å². The number of fused-ring (bicyclic) bond motifs is 3. The minimum Gasteiger partial charge on any atom is -0.342 e. The zero-order chi connectivity index (χ0) is 15.1. The molecule has 6 heteroatoms.